The lowest BCUT2D eigenvalue weighted by atomic mass is 9.97. The number of hydrogen-bond acceptors (Lipinski definition) is 4. The minimum absolute atomic E-state index is 0.116. The number of hydrogen-bond donors (Lipinski definition) is 1. The number of aromatic nitrogens is 2. The fraction of sp³-hybridized carbons (Fsp3) is 0.412. The molecule has 1 aliphatic heterocycles. The van der Waals surface area contributed by atoms with E-state index in [1.165, 1.54) is 11.1 Å². The summed E-state index contributed by atoms with van der Waals surface area (Å²) in [7, 11) is 0. The van der Waals surface area contributed by atoms with Crippen LogP contribution >= 0.6 is 11.9 Å². The van der Waals surface area contributed by atoms with Gasteiger partial charge >= 0.3 is 0 Å². The van der Waals surface area contributed by atoms with E-state index in [9.17, 15) is 4.79 Å². The second-order valence-corrected chi connectivity index (χ2v) is 6.28. The molecule has 1 N–H and O–H groups in total. The van der Waals surface area contributed by atoms with Gasteiger partial charge in [0.2, 0.25) is 0 Å². The molecular formula is C17H21N3OS. The van der Waals surface area contributed by atoms with Gasteiger partial charge in [0.1, 0.15) is 5.78 Å². The summed E-state index contributed by atoms with van der Waals surface area (Å²) < 4.78 is 5.35. The van der Waals surface area contributed by atoms with E-state index in [2.05, 4.69) is 26.4 Å². The number of nitrogens with zero attached hydrogens (tertiary/aromatic N) is 2. The number of rotatable bonds is 8. The summed E-state index contributed by atoms with van der Waals surface area (Å²) in [5.41, 5.74) is 3.58. The summed E-state index contributed by atoms with van der Waals surface area (Å²) in [6.07, 6.45) is 8.98. The maximum absolute atomic E-state index is 12.3. The number of carbonyl (C=O) groups is 1. The average Bonchev–Trinajstić information content (AvgIpc) is 3.10. The predicted octanol–water partition coefficient (Wildman–Crippen LogP) is 3.45. The van der Waals surface area contributed by atoms with Crippen LogP contribution < -0.4 is 4.72 Å². The molecule has 4 nitrogen and oxygen atoms in total. The number of nitrogens with one attached hydrogen (secondary N) is 1. The molecular weight excluding hydrogens is 294 g/mol. The van der Waals surface area contributed by atoms with E-state index < -0.39 is 0 Å². The normalized spacial score (nSPS) is 15.6. The Hall–Kier alpha value is -1.59. The maximum atomic E-state index is 12.3. The Labute approximate surface area is 135 Å². The van der Waals surface area contributed by atoms with Crippen molar-refractivity contribution < 1.29 is 4.79 Å². The molecule has 0 amide bonds. The second kappa shape index (κ2) is 7.11. The molecule has 1 atom stereocenters. The van der Waals surface area contributed by atoms with Crippen molar-refractivity contribution in [1.82, 2.24) is 14.3 Å². The van der Waals surface area contributed by atoms with Crippen molar-refractivity contribution in [2.75, 3.05) is 12.8 Å². The van der Waals surface area contributed by atoms with E-state index in [1.807, 2.05) is 30.9 Å². The van der Waals surface area contributed by atoms with Crippen LogP contribution in [0, 0.1) is 0 Å². The zero-order valence-corrected chi connectivity index (χ0v) is 13.6. The minimum atomic E-state index is 0.116. The lowest BCUT2D eigenvalue weighted by molar-refractivity contribution is -0.119. The summed E-state index contributed by atoms with van der Waals surface area (Å²) in [6.45, 7) is 0.965. The van der Waals surface area contributed by atoms with E-state index in [0.29, 0.717) is 18.6 Å². The zero-order valence-electron chi connectivity index (χ0n) is 12.8. The van der Waals surface area contributed by atoms with Crippen LogP contribution in [-0.2, 0) is 4.79 Å². The van der Waals surface area contributed by atoms with Crippen molar-refractivity contribution in [3.05, 3.63) is 42.4 Å². The Morgan fingerprint density at radius 3 is 3.09 bits per heavy atom. The van der Waals surface area contributed by atoms with Gasteiger partial charge in [-0.05, 0) is 24.7 Å². The molecule has 1 aromatic carbocycles. The van der Waals surface area contributed by atoms with Gasteiger partial charge in [0.15, 0.2) is 0 Å². The van der Waals surface area contributed by atoms with Crippen molar-refractivity contribution in [2.24, 2.45) is 0 Å². The molecule has 1 aromatic heterocycles. The van der Waals surface area contributed by atoms with Gasteiger partial charge in [-0.2, -0.15) is 0 Å². The molecule has 1 unspecified atom stereocenters. The molecule has 0 spiro atoms. The second-order valence-electron chi connectivity index (χ2n) is 5.59. The van der Waals surface area contributed by atoms with E-state index >= 15 is 0 Å². The lowest BCUT2D eigenvalue weighted by Gasteiger charge is -2.14. The number of imidazole rings is 1. The van der Waals surface area contributed by atoms with Crippen molar-refractivity contribution in [3.63, 3.8) is 0 Å². The summed E-state index contributed by atoms with van der Waals surface area (Å²) >= 11 is 1.63. The third-order valence-corrected chi connectivity index (χ3v) is 4.64. The van der Waals surface area contributed by atoms with Crippen LogP contribution in [0.2, 0.25) is 0 Å². The van der Waals surface area contributed by atoms with Crippen LogP contribution in [0.25, 0.3) is 11.3 Å². The topological polar surface area (TPSA) is 46.9 Å². The molecule has 0 radical (unpaired) electrons. The largest absolute Gasteiger partial charge is 0.323 e. The van der Waals surface area contributed by atoms with Gasteiger partial charge in [-0.3, -0.25) is 9.52 Å². The number of fused-ring (bicyclic) bond motifs is 3. The quantitative estimate of drug-likeness (QED) is 0.599. The Balaban J connectivity index is 1.62. The van der Waals surface area contributed by atoms with Crippen LogP contribution in [0.3, 0.4) is 0 Å². The number of carbonyl (C=O) groups excluding carboxylic acids is 1. The fourth-order valence-corrected chi connectivity index (χ4v) is 3.43. The number of benzene rings is 1. The van der Waals surface area contributed by atoms with Gasteiger partial charge < -0.3 is 4.57 Å². The molecule has 2 heterocycles. The molecule has 0 saturated carbocycles. The molecule has 1 aliphatic rings. The molecule has 0 fully saturated rings. The highest BCUT2D eigenvalue weighted by Crippen LogP contribution is 2.40. The Bertz CT molecular complexity index is 653. The zero-order chi connectivity index (χ0) is 15.4. The Morgan fingerprint density at radius 2 is 2.23 bits per heavy atom. The first kappa shape index (κ1) is 15.3. The molecule has 116 valence electrons. The van der Waals surface area contributed by atoms with E-state index in [4.69, 9.17) is 0 Å². The smallest absolute Gasteiger partial charge is 0.135 e. The maximum Gasteiger partial charge on any atom is 0.135 e. The number of Topliss-reactive ketones (excluding diaryl/α,β-unsaturated/α-hetero) is 1. The molecule has 0 aliphatic carbocycles. The lowest BCUT2D eigenvalue weighted by Crippen LogP contribution is -2.12. The van der Waals surface area contributed by atoms with Crippen LogP contribution in [0.5, 0.6) is 0 Å². The highest BCUT2D eigenvalue weighted by molar-refractivity contribution is 7.96. The van der Waals surface area contributed by atoms with Crippen LogP contribution in [-0.4, -0.2) is 28.1 Å². The van der Waals surface area contributed by atoms with Crippen molar-refractivity contribution in [1.29, 1.82) is 0 Å². The number of unbranched alkanes of at least 4 members (excludes halogenated alkanes) is 1. The van der Waals surface area contributed by atoms with Gasteiger partial charge in [0, 0.05) is 24.9 Å². The molecule has 22 heavy (non-hydrogen) atoms. The molecule has 0 saturated heterocycles. The van der Waals surface area contributed by atoms with Crippen molar-refractivity contribution in [3.8, 4) is 11.3 Å². The molecule has 5 heteroatoms. The molecule has 2 aromatic rings. The van der Waals surface area contributed by atoms with Gasteiger partial charge in [-0.1, -0.05) is 36.2 Å². The summed E-state index contributed by atoms with van der Waals surface area (Å²) in [4.78, 5) is 16.6. The van der Waals surface area contributed by atoms with E-state index in [0.717, 1.165) is 25.1 Å². The Morgan fingerprint density at radius 1 is 1.36 bits per heavy atom. The first-order valence-corrected chi connectivity index (χ1v) is 8.92. The average molecular weight is 315 g/mol. The molecule has 3 rings (SSSR count). The number of ketones is 1. The van der Waals surface area contributed by atoms with Gasteiger partial charge in [-0.15, -0.1) is 0 Å². The highest BCUT2D eigenvalue weighted by atomic mass is 32.2. The summed E-state index contributed by atoms with van der Waals surface area (Å²) in [5.74, 6) is 0.338. The summed E-state index contributed by atoms with van der Waals surface area (Å²) in [5, 5.41) is 0. The van der Waals surface area contributed by atoms with Crippen LogP contribution in [0.4, 0.5) is 0 Å². The Kier molecular flexibility index (Phi) is 4.95. The third kappa shape index (κ3) is 3.10. The first-order chi connectivity index (χ1) is 10.8. The summed E-state index contributed by atoms with van der Waals surface area (Å²) in [6, 6.07) is 8.44. The monoisotopic (exact) mass is 315 g/mol. The van der Waals surface area contributed by atoms with Gasteiger partial charge in [0.05, 0.1) is 24.3 Å². The standard InChI is InChI=1S/C17H21N3OS/c1-22-19-9-5-4-6-13(21)10-16-14-7-2-3-8-15(14)17-11-18-12-20(16)17/h2-3,7-8,11-12,16,19H,4-6,9-10H2,1H3. The SMILES string of the molecule is CSNCCCCC(=O)CC1c2ccccc2-c2cncn21. The van der Waals surface area contributed by atoms with Crippen LogP contribution in [0.1, 0.15) is 37.3 Å². The third-order valence-electron chi connectivity index (χ3n) is 4.15. The van der Waals surface area contributed by atoms with Crippen molar-refractivity contribution >= 4 is 17.7 Å². The van der Waals surface area contributed by atoms with Crippen LogP contribution in [0.15, 0.2) is 36.8 Å². The van der Waals surface area contributed by atoms with E-state index in [-0.39, 0.29) is 6.04 Å². The predicted molar refractivity (Wildman–Crippen MR) is 90.8 cm³/mol. The molecule has 0 bridgehead atoms. The van der Waals surface area contributed by atoms with Gasteiger partial charge in [-0.25, -0.2) is 4.98 Å². The van der Waals surface area contributed by atoms with E-state index in [1.54, 1.807) is 11.9 Å². The van der Waals surface area contributed by atoms with Gasteiger partial charge in [0.25, 0.3) is 0 Å². The fourth-order valence-electron chi connectivity index (χ4n) is 3.08. The highest BCUT2D eigenvalue weighted by Gasteiger charge is 2.29. The first-order valence-electron chi connectivity index (χ1n) is 7.70. The van der Waals surface area contributed by atoms with Crippen molar-refractivity contribution in [2.45, 2.75) is 31.7 Å². The minimum Gasteiger partial charge on any atom is -0.323 e.